The van der Waals surface area contributed by atoms with Crippen LogP contribution in [0.25, 0.3) is 0 Å². The van der Waals surface area contributed by atoms with E-state index in [0.29, 0.717) is 6.04 Å². The first-order valence-electron chi connectivity index (χ1n) is 5.03. The second-order valence-corrected chi connectivity index (χ2v) is 4.22. The van der Waals surface area contributed by atoms with Crippen molar-refractivity contribution in [2.45, 2.75) is 38.8 Å². The summed E-state index contributed by atoms with van der Waals surface area (Å²) in [6.07, 6.45) is 2.80. The Balaban J connectivity index is 2.32. The summed E-state index contributed by atoms with van der Waals surface area (Å²) in [6, 6.07) is 1.52. The van der Waals surface area contributed by atoms with Crippen LogP contribution in [0.2, 0.25) is 0 Å². The zero-order chi connectivity index (χ0) is 9.14. The van der Waals surface area contributed by atoms with Crippen molar-refractivity contribution >= 4 is 0 Å². The molecule has 0 spiro atoms. The number of hydrogen-bond acceptors (Lipinski definition) is 2. The Bertz CT molecular complexity index is 134. The summed E-state index contributed by atoms with van der Waals surface area (Å²) in [7, 11) is 4.29. The van der Waals surface area contributed by atoms with Gasteiger partial charge in [0.15, 0.2) is 0 Å². The van der Waals surface area contributed by atoms with Crippen molar-refractivity contribution in [1.82, 2.24) is 10.2 Å². The maximum absolute atomic E-state index is 3.27. The first kappa shape index (κ1) is 10.0. The summed E-state index contributed by atoms with van der Waals surface area (Å²) < 4.78 is 0. The molecule has 2 atom stereocenters. The molecule has 0 amide bonds. The van der Waals surface area contributed by atoms with Gasteiger partial charge in [-0.15, -0.1) is 0 Å². The van der Waals surface area contributed by atoms with Gasteiger partial charge in [0.2, 0.25) is 0 Å². The molecule has 1 aliphatic rings. The highest BCUT2D eigenvalue weighted by Gasteiger charge is 2.33. The highest BCUT2D eigenvalue weighted by Crippen LogP contribution is 2.31. The van der Waals surface area contributed by atoms with Gasteiger partial charge in [0.25, 0.3) is 0 Å². The molecule has 2 nitrogen and oxygen atoms in total. The molecule has 0 radical (unpaired) electrons. The molecule has 0 aromatic rings. The van der Waals surface area contributed by atoms with Gasteiger partial charge in [-0.25, -0.2) is 0 Å². The molecule has 2 heteroatoms. The van der Waals surface area contributed by atoms with Crippen molar-refractivity contribution < 1.29 is 0 Å². The minimum absolute atomic E-state index is 0.689. The van der Waals surface area contributed by atoms with E-state index in [1.54, 1.807) is 0 Å². The Labute approximate surface area is 76.3 Å². The molecule has 1 saturated carbocycles. The molecule has 1 rings (SSSR count). The molecule has 1 aliphatic carbocycles. The molecule has 0 bridgehead atoms. The molecular formula is C10H22N2. The quantitative estimate of drug-likeness (QED) is 0.684. The van der Waals surface area contributed by atoms with Gasteiger partial charge in [-0.1, -0.05) is 0 Å². The van der Waals surface area contributed by atoms with Crippen LogP contribution < -0.4 is 5.32 Å². The summed E-state index contributed by atoms with van der Waals surface area (Å²) in [5, 5.41) is 3.27. The molecule has 0 aromatic heterocycles. The predicted octanol–water partition coefficient (Wildman–Crippen LogP) is 1.32. The molecule has 0 saturated heterocycles. The Kier molecular flexibility index (Phi) is 3.53. The van der Waals surface area contributed by atoms with Gasteiger partial charge in [-0.3, -0.25) is 0 Å². The number of hydrogen-bond donors (Lipinski definition) is 1. The first-order chi connectivity index (χ1) is 5.66. The van der Waals surface area contributed by atoms with Crippen LogP contribution in [0.1, 0.15) is 26.7 Å². The third-order valence-electron chi connectivity index (χ3n) is 3.18. The molecule has 0 aliphatic heterocycles. The van der Waals surface area contributed by atoms with Gasteiger partial charge in [0.05, 0.1) is 0 Å². The molecular weight excluding hydrogens is 148 g/mol. The Hall–Kier alpha value is -0.0800. The van der Waals surface area contributed by atoms with E-state index < -0.39 is 0 Å². The van der Waals surface area contributed by atoms with Crippen LogP contribution in [0, 0.1) is 5.92 Å². The van der Waals surface area contributed by atoms with Crippen molar-refractivity contribution in [3.8, 4) is 0 Å². The van der Waals surface area contributed by atoms with Crippen molar-refractivity contribution in [3.63, 3.8) is 0 Å². The second-order valence-electron chi connectivity index (χ2n) is 4.22. The van der Waals surface area contributed by atoms with Crippen LogP contribution in [0.15, 0.2) is 0 Å². The zero-order valence-electron chi connectivity index (χ0n) is 8.80. The molecule has 2 unspecified atom stereocenters. The third-order valence-corrected chi connectivity index (χ3v) is 3.18. The van der Waals surface area contributed by atoms with E-state index in [1.807, 2.05) is 7.05 Å². The predicted molar refractivity (Wildman–Crippen MR) is 53.3 cm³/mol. The highest BCUT2D eigenvalue weighted by molar-refractivity contribution is 4.89. The summed E-state index contributed by atoms with van der Waals surface area (Å²) in [5.41, 5.74) is 0. The fourth-order valence-corrected chi connectivity index (χ4v) is 1.97. The average molecular weight is 170 g/mol. The lowest BCUT2D eigenvalue weighted by molar-refractivity contribution is 0.0620. The van der Waals surface area contributed by atoms with Crippen molar-refractivity contribution in [1.29, 1.82) is 0 Å². The monoisotopic (exact) mass is 170 g/mol. The number of nitrogens with zero attached hydrogens (tertiary/aromatic N) is 1. The van der Waals surface area contributed by atoms with E-state index in [9.17, 15) is 0 Å². The van der Waals surface area contributed by atoms with Gasteiger partial charge >= 0.3 is 0 Å². The van der Waals surface area contributed by atoms with Crippen LogP contribution in [0.5, 0.6) is 0 Å². The molecule has 72 valence electrons. The number of rotatable bonds is 4. The van der Waals surface area contributed by atoms with Gasteiger partial charge < -0.3 is 10.2 Å². The van der Waals surface area contributed by atoms with Crippen LogP contribution in [-0.4, -0.2) is 37.6 Å². The molecule has 0 aromatic carbocycles. The fourth-order valence-electron chi connectivity index (χ4n) is 1.97. The number of nitrogens with one attached hydrogen (secondary N) is 1. The SMILES string of the molecule is CNCC1CCC1N(C)C(C)C. The normalized spacial score (nSPS) is 29.5. The van der Waals surface area contributed by atoms with Crippen LogP contribution in [0.3, 0.4) is 0 Å². The minimum atomic E-state index is 0.689. The van der Waals surface area contributed by atoms with Gasteiger partial charge in [0.1, 0.15) is 0 Å². The summed E-state index contributed by atoms with van der Waals surface area (Å²) in [5.74, 6) is 0.891. The van der Waals surface area contributed by atoms with Crippen molar-refractivity contribution in [2.75, 3.05) is 20.6 Å². The van der Waals surface area contributed by atoms with E-state index in [-0.39, 0.29) is 0 Å². The first-order valence-corrected chi connectivity index (χ1v) is 5.03. The lowest BCUT2D eigenvalue weighted by atomic mass is 9.78. The molecule has 1 N–H and O–H groups in total. The summed E-state index contributed by atoms with van der Waals surface area (Å²) >= 11 is 0. The molecule has 0 heterocycles. The fraction of sp³-hybridized carbons (Fsp3) is 1.00. The Morgan fingerprint density at radius 1 is 1.42 bits per heavy atom. The van der Waals surface area contributed by atoms with Crippen molar-refractivity contribution in [2.24, 2.45) is 5.92 Å². The van der Waals surface area contributed by atoms with Crippen molar-refractivity contribution in [3.05, 3.63) is 0 Å². The Morgan fingerprint density at radius 2 is 2.08 bits per heavy atom. The lowest BCUT2D eigenvalue weighted by Crippen LogP contribution is -2.50. The second kappa shape index (κ2) is 4.24. The standard InChI is InChI=1S/C10H22N2/c1-8(2)12(4)10-6-5-9(10)7-11-3/h8-11H,5-7H2,1-4H3. The maximum atomic E-state index is 3.27. The molecule has 12 heavy (non-hydrogen) atoms. The third kappa shape index (κ3) is 1.99. The average Bonchev–Trinajstić information content (AvgIpc) is 1.98. The zero-order valence-corrected chi connectivity index (χ0v) is 8.80. The summed E-state index contributed by atoms with van der Waals surface area (Å²) in [4.78, 5) is 2.51. The van der Waals surface area contributed by atoms with E-state index in [1.165, 1.54) is 19.4 Å². The topological polar surface area (TPSA) is 15.3 Å². The lowest BCUT2D eigenvalue weighted by Gasteiger charge is -2.44. The Morgan fingerprint density at radius 3 is 2.42 bits per heavy atom. The van der Waals surface area contributed by atoms with E-state index in [0.717, 1.165) is 12.0 Å². The van der Waals surface area contributed by atoms with E-state index >= 15 is 0 Å². The van der Waals surface area contributed by atoms with Gasteiger partial charge in [-0.05, 0) is 53.2 Å². The largest absolute Gasteiger partial charge is 0.319 e. The van der Waals surface area contributed by atoms with E-state index in [2.05, 4.69) is 31.1 Å². The van der Waals surface area contributed by atoms with Gasteiger partial charge in [0, 0.05) is 12.1 Å². The maximum Gasteiger partial charge on any atom is 0.0135 e. The smallest absolute Gasteiger partial charge is 0.0135 e. The molecule has 1 fully saturated rings. The van der Waals surface area contributed by atoms with Crippen LogP contribution in [0.4, 0.5) is 0 Å². The minimum Gasteiger partial charge on any atom is -0.319 e. The van der Waals surface area contributed by atoms with Crippen LogP contribution in [-0.2, 0) is 0 Å². The highest BCUT2D eigenvalue weighted by atomic mass is 15.2. The van der Waals surface area contributed by atoms with Gasteiger partial charge in [-0.2, -0.15) is 0 Å². The van der Waals surface area contributed by atoms with Crippen LogP contribution >= 0.6 is 0 Å². The van der Waals surface area contributed by atoms with E-state index in [4.69, 9.17) is 0 Å². The summed E-state index contributed by atoms with van der Waals surface area (Å²) in [6.45, 7) is 5.73.